The average Bonchev–Trinajstić information content (AvgIpc) is 2.84. The molecule has 120 valence electrons. The van der Waals surface area contributed by atoms with E-state index in [0.717, 1.165) is 42.6 Å². The molecule has 1 aliphatic rings. The van der Waals surface area contributed by atoms with E-state index in [4.69, 9.17) is 16.3 Å². The van der Waals surface area contributed by atoms with Crippen molar-refractivity contribution in [3.05, 3.63) is 16.9 Å². The Bertz CT molecular complexity index is 452. The number of rotatable bonds is 6. The van der Waals surface area contributed by atoms with Crippen molar-refractivity contribution < 1.29 is 4.74 Å². The number of likely N-dealkylation sites (N-methyl/N-ethyl adjacent to an activating group) is 1. The molecule has 0 radical (unpaired) electrons. The van der Waals surface area contributed by atoms with E-state index >= 15 is 0 Å². The minimum atomic E-state index is -0.174. The molecule has 0 saturated heterocycles. The zero-order valence-electron chi connectivity index (χ0n) is 13.7. The fourth-order valence-corrected chi connectivity index (χ4v) is 3.86. The molecule has 1 unspecified atom stereocenters. The third-order valence-corrected chi connectivity index (χ3v) is 5.06. The average molecular weight is 314 g/mol. The Balaban J connectivity index is 2.38. The number of ether oxygens (including phenoxy) is 1. The van der Waals surface area contributed by atoms with Gasteiger partial charge < -0.3 is 10.1 Å². The molecule has 1 atom stereocenters. The lowest BCUT2D eigenvalue weighted by Gasteiger charge is -2.44. The van der Waals surface area contributed by atoms with Crippen molar-refractivity contribution in [2.45, 2.75) is 64.6 Å². The number of aryl methyl sites for hydroxylation is 1. The van der Waals surface area contributed by atoms with Crippen LogP contribution >= 0.6 is 11.6 Å². The second-order valence-corrected chi connectivity index (χ2v) is 6.50. The molecule has 1 aliphatic carbocycles. The Morgan fingerprint density at radius 1 is 1.48 bits per heavy atom. The predicted octanol–water partition coefficient (Wildman–Crippen LogP) is 3.80. The van der Waals surface area contributed by atoms with Crippen molar-refractivity contribution in [2.24, 2.45) is 5.92 Å². The molecular weight excluding hydrogens is 286 g/mol. The molecule has 0 aromatic carbocycles. The number of hydrogen-bond acceptors (Lipinski definition) is 3. The van der Waals surface area contributed by atoms with Crippen LogP contribution in [0.2, 0.25) is 5.02 Å². The topological polar surface area (TPSA) is 39.1 Å². The summed E-state index contributed by atoms with van der Waals surface area (Å²) in [5, 5.41) is 8.58. The first-order chi connectivity index (χ1) is 10.1. The first kappa shape index (κ1) is 16.8. The molecule has 1 saturated carbocycles. The Hall–Kier alpha value is -0.580. The minimum Gasteiger partial charge on any atom is -0.373 e. The van der Waals surface area contributed by atoms with Gasteiger partial charge in [0.2, 0.25) is 0 Å². The van der Waals surface area contributed by atoms with E-state index in [-0.39, 0.29) is 11.6 Å². The highest BCUT2D eigenvalue weighted by molar-refractivity contribution is 6.31. The van der Waals surface area contributed by atoms with Gasteiger partial charge in [-0.05, 0) is 52.5 Å². The quantitative estimate of drug-likeness (QED) is 0.868. The van der Waals surface area contributed by atoms with E-state index in [1.165, 1.54) is 12.8 Å². The van der Waals surface area contributed by atoms with E-state index < -0.39 is 0 Å². The lowest BCUT2D eigenvalue weighted by Crippen LogP contribution is -2.48. The molecule has 4 nitrogen and oxygen atoms in total. The second-order valence-electron chi connectivity index (χ2n) is 6.10. The zero-order chi connectivity index (χ0) is 15.5. The summed E-state index contributed by atoms with van der Waals surface area (Å²) in [7, 11) is 1.99. The number of nitrogens with zero attached hydrogens (tertiary/aromatic N) is 2. The summed E-state index contributed by atoms with van der Waals surface area (Å²) in [4.78, 5) is 0. The maximum Gasteiger partial charge on any atom is 0.0892 e. The van der Waals surface area contributed by atoms with Gasteiger partial charge in [-0.1, -0.05) is 18.5 Å². The van der Waals surface area contributed by atoms with Gasteiger partial charge in [0.1, 0.15) is 0 Å². The van der Waals surface area contributed by atoms with Gasteiger partial charge in [0.15, 0.2) is 0 Å². The first-order valence-corrected chi connectivity index (χ1v) is 8.48. The van der Waals surface area contributed by atoms with Gasteiger partial charge in [-0.3, -0.25) is 4.68 Å². The van der Waals surface area contributed by atoms with E-state index in [1.54, 1.807) is 6.20 Å². The van der Waals surface area contributed by atoms with Crippen molar-refractivity contribution in [3.63, 3.8) is 0 Å². The van der Waals surface area contributed by atoms with E-state index in [1.807, 2.05) is 11.7 Å². The SMILES string of the molecule is CCOC1(C(NC)c2c(Cl)cnn2CC)CCC(C)CC1. The van der Waals surface area contributed by atoms with Crippen LogP contribution in [-0.4, -0.2) is 29.0 Å². The zero-order valence-corrected chi connectivity index (χ0v) is 14.4. The summed E-state index contributed by atoms with van der Waals surface area (Å²) >= 11 is 6.43. The van der Waals surface area contributed by atoms with Gasteiger partial charge >= 0.3 is 0 Å². The fraction of sp³-hybridized carbons (Fsp3) is 0.812. The van der Waals surface area contributed by atoms with Crippen LogP contribution in [0.5, 0.6) is 0 Å². The van der Waals surface area contributed by atoms with Gasteiger partial charge in [0, 0.05) is 13.2 Å². The maximum absolute atomic E-state index is 6.43. The summed E-state index contributed by atoms with van der Waals surface area (Å²) in [6.45, 7) is 8.04. The van der Waals surface area contributed by atoms with Gasteiger partial charge in [-0.15, -0.1) is 0 Å². The van der Waals surface area contributed by atoms with Crippen molar-refractivity contribution in [2.75, 3.05) is 13.7 Å². The van der Waals surface area contributed by atoms with E-state index in [0.29, 0.717) is 0 Å². The second kappa shape index (κ2) is 7.12. The third kappa shape index (κ3) is 3.27. The van der Waals surface area contributed by atoms with Crippen LogP contribution in [0.15, 0.2) is 6.20 Å². The van der Waals surface area contributed by atoms with Crippen LogP contribution in [0.25, 0.3) is 0 Å². The summed E-state index contributed by atoms with van der Waals surface area (Å²) in [6.07, 6.45) is 6.29. The number of aromatic nitrogens is 2. The summed E-state index contributed by atoms with van der Waals surface area (Å²) in [5.41, 5.74) is 0.886. The molecule has 5 heteroatoms. The Morgan fingerprint density at radius 2 is 2.14 bits per heavy atom. The van der Waals surface area contributed by atoms with Gasteiger partial charge in [0.05, 0.1) is 28.6 Å². The number of hydrogen-bond donors (Lipinski definition) is 1. The van der Waals surface area contributed by atoms with Crippen LogP contribution in [0.1, 0.15) is 58.2 Å². The van der Waals surface area contributed by atoms with Crippen molar-refractivity contribution in [3.8, 4) is 0 Å². The molecule has 0 bridgehead atoms. The van der Waals surface area contributed by atoms with Crippen LogP contribution in [0.4, 0.5) is 0 Å². The molecule has 0 aliphatic heterocycles. The van der Waals surface area contributed by atoms with Crippen LogP contribution < -0.4 is 5.32 Å². The predicted molar refractivity (Wildman–Crippen MR) is 86.7 cm³/mol. The number of halogens is 1. The largest absolute Gasteiger partial charge is 0.373 e. The Kier molecular flexibility index (Phi) is 5.69. The van der Waals surface area contributed by atoms with Gasteiger partial charge in [-0.2, -0.15) is 5.10 Å². The number of nitrogens with one attached hydrogen (secondary N) is 1. The van der Waals surface area contributed by atoms with E-state index in [9.17, 15) is 0 Å². The summed E-state index contributed by atoms with van der Waals surface area (Å²) in [5.74, 6) is 0.780. The van der Waals surface area contributed by atoms with Crippen molar-refractivity contribution >= 4 is 11.6 Å². The lowest BCUT2D eigenvalue weighted by molar-refractivity contribution is -0.0977. The maximum atomic E-state index is 6.43. The van der Waals surface area contributed by atoms with Crippen molar-refractivity contribution in [1.82, 2.24) is 15.1 Å². The Labute approximate surface area is 133 Å². The van der Waals surface area contributed by atoms with Crippen LogP contribution in [0, 0.1) is 5.92 Å². The highest BCUT2D eigenvalue weighted by Crippen LogP contribution is 2.44. The van der Waals surface area contributed by atoms with Gasteiger partial charge in [0.25, 0.3) is 0 Å². The standard InChI is InChI=1S/C16H28ClN3O/c1-5-20-14(13(17)11-19-20)15(18-4)16(21-6-2)9-7-12(3)8-10-16/h11-12,15,18H,5-10H2,1-4H3. The van der Waals surface area contributed by atoms with E-state index in [2.05, 4.69) is 31.2 Å². The molecule has 0 spiro atoms. The summed E-state index contributed by atoms with van der Waals surface area (Å²) < 4.78 is 8.28. The van der Waals surface area contributed by atoms with Crippen molar-refractivity contribution in [1.29, 1.82) is 0 Å². The monoisotopic (exact) mass is 313 g/mol. The van der Waals surface area contributed by atoms with Gasteiger partial charge in [-0.25, -0.2) is 0 Å². The minimum absolute atomic E-state index is 0.0832. The van der Waals surface area contributed by atoms with Crippen LogP contribution in [-0.2, 0) is 11.3 Å². The smallest absolute Gasteiger partial charge is 0.0892 e. The van der Waals surface area contributed by atoms with Crippen LogP contribution in [0.3, 0.4) is 0 Å². The Morgan fingerprint density at radius 3 is 2.67 bits per heavy atom. The lowest BCUT2D eigenvalue weighted by atomic mass is 9.74. The normalized spacial score (nSPS) is 27.8. The molecule has 1 fully saturated rings. The molecule has 1 heterocycles. The highest BCUT2D eigenvalue weighted by atomic mass is 35.5. The third-order valence-electron chi connectivity index (χ3n) is 4.77. The molecular formula is C16H28ClN3O. The molecule has 21 heavy (non-hydrogen) atoms. The molecule has 1 aromatic heterocycles. The highest BCUT2D eigenvalue weighted by Gasteiger charge is 2.44. The first-order valence-electron chi connectivity index (χ1n) is 8.10. The molecule has 2 rings (SSSR count). The molecule has 1 aromatic rings. The molecule has 1 N–H and O–H groups in total. The molecule has 0 amide bonds. The summed E-state index contributed by atoms with van der Waals surface area (Å²) in [6, 6.07) is 0.0832. The fourth-order valence-electron chi connectivity index (χ4n) is 3.61.